The molecule has 80 valence electrons. The van der Waals surface area contributed by atoms with Crippen LogP contribution in [0.4, 0.5) is 0 Å². The Hall–Kier alpha value is -0.410. The van der Waals surface area contributed by atoms with Crippen LogP contribution >= 0.6 is 23.5 Å². The number of hydrogen-bond donors (Lipinski definition) is 0. The number of rotatable bonds is 2. The Morgan fingerprint density at radius 3 is 2.80 bits per heavy atom. The van der Waals surface area contributed by atoms with Crippen LogP contribution in [0.3, 0.4) is 0 Å². The summed E-state index contributed by atoms with van der Waals surface area (Å²) < 4.78 is 0. The second-order valence-corrected chi connectivity index (χ2v) is 6.07. The van der Waals surface area contributed by atoms with Crippen molar-refractivity contribution in [2.45, 2.75) is 12.2 Å². The van der Waals surface area contributed by atoms with Gasteiger partial charge in [0, 0.05) is 22.8 Å². The Bertz CT molecular complexity index is 356. The van der Waals surface area contributed by atoms with Crippen LogP contribution in [0.1, 0.15) is 15.9 Å². The van der Waals surface area contributed by atoms with Gasteiger partial charge in [-0.2, -0.15) is 11.8 Å². The van der Waals surface area contributed by atoms with E-state index in [1.165, 1.54) is 5.75 Å². The maximum absolute atomic E-state index is 12.2. The number of carbonyl (C=O) groups is 1. The highest BCUT2D eigenvalue weighted by molar-refractivity contribution is 8.07. The molecule has 1 aromatic rings. The average Bonchev–Trinajstić information content (AvgIpc) is 2.30. The Kier molecular flexibility index (Phi) is 3.76. The van der Waals surface area contributed by atoms with Gasteiger partial charge < -0.3 is 0 Å². The van der Waals surface area contributed by atoms with Gasteiger partial charge >= 0.3 is 0 Å². The number of hydrogen-bond acceptors (Lipinski definition) is 3. The summed E-state index contributed by atoms with van der Waals surface area (Å²) in [5.41, 5.74) is 2.00. The zero-order valence-corrected chi connectivity index (χ0v) is 10.4. The molecule has 0 amide bonds. The van der Waals surface area contributed by atoms with Gasteiger partial charge in [0.25, 0.3) is 0 Å². The van der Waals surface area contributed by atoms with E-state index >= 15 is 0 Å². The van der Waals surface area contributed by atoms with Crippen molar-refractivity contribution >= 4 is 29.3 Å². The van der Waals surface area contributed by atoms with Crippen molar-refractivity contribution < 1.29 is 4.79 Å². The standard InChI is InChI=1S/C12H14OS2/c1-9-4-2-3-5-10(9)12(13)11-8-14-6-7-15-11/h2-5,11H,6-8H2,1H3. The van der Waals surface area contributed by atoms with Crippen LogP contribution in [0, 0.1) is 6.92 Å². The normalized spacial score (nSPS) is 21.3. The molecule has 0 bridgehead atoms. The molecule has 2 rings (SSSR count). The summed E-state index contributed by atoms with van der Waals surface area (Å²) in [4.78, 5) is 12.2. The summed E-state index contributed by atoms with van der Waals surface area (Å²) in [7, 11) is 0. The van der Waals surface area contributed by atoms with Gasteiger partial charge in [-0.05, 0) is 12.5 Å². The minimum atomic E-state index is 0.171. The first kappa shape index (κ1) is 11.1. The lowest BCUT2D eigenvalue weighted by Gasteiger charge is -2.20. The molecular weight excluding hydrogens is 224 g/mol. The zero-order valence-electron chi connectivity index (χ0n) is 8.73. The molecule has 0 radical (unpaired) electrons. The van der Waals surface area contributed by atoms with Crippen molar-refractivity contribution in [3.8, 4) is 0 Å². The van der Waals surface area contributed by atoms with E-state index in [0.29, 0.717) is 5.78 Å². The van der Waals surface area contributed by atoms with Gasteiger partial charge in [0.2, 0.25) is 0 Å². The van der Waals surface area contributed by atoms with Crippen molar-refractivity contribution in [1.82, 2.24) is 0 Å². The molecule has 1 fully saturated rings. The third kappa shape index (κ3) is 2.58. The lowest BCUT2D eigenvalue weighted by atomic mass is 10.0. The van der Waals surface area contributed by atoms with Crippen molar-refractivity contribution in [2.75, 3.05) is 17.3 Å². The fraction of sp³-hybridized carbons (Fsp3) is 0.417. The molecular formula is C12H14OS2. The van der Waals surface area contributed by atoms with Crippen LogP contribution in [0.2, 0.25) is 0 Å². The van der Waals surface area contributed by atoms with E-state index in [9.17, 15) is 4.79 Å². The fourth-order valence-corrected chi connectivity index (χ4v) is 4.29. The van der Waals surface area contributed by atoms with E-state index in [-0.39, 0.29) is 5.25 Å². The highest BCUT2D eigenvalue weighted by atomic mass is 32.2. The number of Topliss-reactive ketones (excluding diaryl/α,β-unsaturated/α-hetero) is 1. The van der Waals surface area contributed by atoms with Gasteiger partial charge in [0.05, 0.1) is 5.25 Å². The summed E-state index contributed by atoms with van der Waals surface area (Å²) in [6, 6.07) is 7.88. The zero-order chi connectivity index (χ0) is 10.7. The SMILES string of the molecule is Cc1ccccc1C(=O)C1CSCCS1. The van der Waals surface area contributed by atoms with E-state index in [0.717, 1.165) is 22.6 Å². The maximum Gasteiger partial charge on any atom is 0.176 e. The molecule has 1 aromatic carbocycles. The lowest BCUT2D eigenvalue weighted by Crippen LogP contribution is -2.24. The Morgan fingerprint density at radius 2 is 2.13 bits per heavy atom. The lowest BCUT2D eigenvalue weighted by molar-refractivity contribution is 0.0994. The quantitative estimate of drug-likeness (QED) is 0.737. The van der Waals surface area contributed by atoms with Gasteiger partial charge in [-0.1, -0.05) is 24.3 Å². The highest BCUT2D eigenvalue weighted by Gasteiger charge is 2.23. The number of ketones is 1. The first-order chi connectivity index (χ1) is 7.29. The average molecular weight is 238 g/mol. The summed E-state index contributed by atoms with van der Waals surface area (Å²) >= 11 is 3.69. The van der Waals surface area contributed by atoms with Crippen molar-refractivity contribution in [3.05, 3.63) is 35.4 Å². The topological polar surface area (TPSA) is 17.1 Å². The van der Waals surface area contributed by atoms with Gasteiger partial charge in [0.15, 0.2) is 5.78 Å². The molecule has 1 atom stereocenters. The molecule has 0 N–H and O–H groups in total. The van der Waals surface area contributed by atoms with Crippen molar-refractivity contribution in [2.24, 2.45) is 0 Å². The van der Waals surface area contributed by atoms with Crippen LogP contribution in [0.15, 0.2) is 24.3 Å². The Labute approximate surface area is 99.0 Å². The minimum absolute atomic E-state index is 0.171. The molecule has 0 spiro atoms. The molecule has 1 heterocycles. The summed E-state index contributed by atoms with van der Waals surface area (Å²) in [5, 5.41) is 0.171. The summed E-state index contributed by atoms with van der Waals surface area (Å²) in [6.07, 6.45) is 0. The molecule has 0 aromatic heterocycles. The Morgan fingerprint density at radius 1 is 1.33 bits per heavy atom. The van der Waals surface area contributed by atoms with E-state index in [1.807, 2.05) is 43.0 Å². The molecule has 1 aliphatic heterocycles. The van der Waals surface area contributed by atoms with Gasteiger partial charge in [0.1, 0.15) is 0 Å². The molecule has 3 heteroatoms. The number of aryl methyl sites for hydroxylation is 1. The fourth-order valence-electron chi connectivity index (χ4n) is 1.66. The third-order valence-electron chi connectivity index (χ3n) is 2.52. The van der Waals surface area contributed by atoms with Crippen molar-refractivity contribution in [3.63, 3.8) is 0 Å². The smallest absolute Gasteiger partial charge is 0.176 e. The maximum atomic E-state index is 12.2. The monoisotopic (exact) mass is 238 g/mol. The van der Waals surface area contributed by atoms with E-state index < -0.39 is 0 Å². The molecule has 1 unspecified atom stereocenters. The van der Waals surface area contributed by atoms with Crippen LogP contribution in [0.25, 0.3) is 0 Å². The predicted octanol–water partition coefficient (Wildman–Crippen LogP) is 3.03. The van der Waals surface area contributed by atoms with Crippen LogP contribution < -0.4 is 0 Å². The van der Waals surface area contributed by atoms with Crippen LogP contribution in [-0.2, 0) is 0 Å². The third-order valence-corrected chi connectivity index (χ3v) is 5.27. The van der Waals surface area contributed by atoms with E-state index in [1.54, 1.807) is 11.8 Å². The van der Waals surface area contributed by atoms with Crippen LogP contribution in [0.5, 0.6) is 0 Å². The first-order valence-corrected chi connectivity index (χ1v) is 7.28. The number of thioether (sulfide) groups is 2. The van der Waals surface area contributed by atoms with Gasteiger partial charge in [-0.3, -0.25) is 4.79 Å². The highest BCUT2D eigenvalue weighted by Crippen LogP contribution is 2.27. The second-order valence-electron chi connectivity index (χ2n) is 3.61. The van der Waals surface area contributed by atoms with Crippen molar-refractivity contribution in [1.29, 1.82) is 0 Å². The Balaban J connectivity index is 2.16. The van der Waals surface area contributed by atoms with Gasteiger partial charge in [-0.25, -0.2) is 0 Å². The minimum Gasteiger partial charge on any atom is -0.293 e. The second kappa shape index (κ2) is 5.08. The van der Waals surface area contributed by atoms with E-state index in [2.05, 4.69) is 0 Å². The number of benzene rings is 1. The predicted molar refractivity (Wildman–Crippen MR) is 69.1 cm³/mol. The molecule has 0 aliphatic carbocycles. The molecule has 0 saturated carbocycles. The van der Waals surface area contributed by atoms with Gasteiger partial charge in [-0.15, -0.1) is 11.8 Å². The molecule has 1 nitrogen and oxygen atoms in total. The molecule has 1 saturated heterocycles. The van der Waals surface area contributed by atoms with E-state index in [4.69, 9.17) is 0 Å². The number of carbonyl (C=O) groups excluding carboxylic acids is 1. The molecule has 15 heavy (non-hydrogen) atoms. The summed E-state index contributed by atoms with van der Waals surface area (Å²) in [6.45, 7) is 2.01. The first-order valence-electron chi connectivity index (χ1n) is 5.08. The largest absolute Gasteiger partial charge is 0.293 e. The molecule has 1 aliphatic rings. The summed E-state index contributed by atoms with van der Waals surface area (Å²) in [5.74, 6) is 3.57. The van der Waals surface area contributed by atoms with Crippen LogP contribution in [-0.4, -0.2) is 28.3 Å².